The molecule has 2 heteroatoms. The molecule has 19 heavy (non-hydrogen) atoms. The predicted octanol–water partition coefficient (Wildman–Crippen LogP) is 2.44. The maximum Gasteiger partial charge on any atom is 0.126 e. The van der Waals surface area contributed by atoms with Gasteiger partial charge in [-0.25, -0.2) is 0 Å². The second kappa shape index (κ2) is 5.31. The summed E-state index contributed by atoms with van der Waals surface area (Å²) in [4.78, 5) is 2.41. The van der Waals surface area contributed by atoms with Gasteiger partial charge in [-0.2, -0.15) is 0 Å². The van der Waals surface area contributed by atoms with Crippen molar-refractivity contribution >= 4 is 0 Å². The van der Waals surface area contributed by atoms with Gasteiger partial charge < -0.3 is 5.11 Å². The number of allylic oxidation sites excluding steroid dienone is 2. The van der Waals surface area contributed by atoms with Gasteiger partial charge in [0.15, 0.2) is 0 Å². The lowest BCUT2D eigenvalue weighted by Crippen LogP contribution is -2.36. The van der Waals surface area contributed by atoms with Crippen LogP contribution in [0.25, 0.3) is 0 Å². The molecule has 1 saturated heterocycles. The van der Waals surface area contributed by atoms with Gasteiger partial charge in [-0.3, -0.25) is 4.90 Å². The molecule has 4 atom stereocenters. The summed E-state index contributed by atoms with van der Waals surface area (Å²) < 4.78 is 0. The van der Waals surface area contributed by atoms with Crippen LogP contribution >= 0.6 is 0 Å². The van der Waals surface area contributed by atoms with Crippen LogP contribution in [0.1, 0.15) is 39.0 Å². The van der Waals surface area contributed by atoms with Gasteiger partial charge in [0, 0.05) is 5.92 Å². The van der Waals surface area contributed by atoms with Crippen molar-refractivity contribution in [3.63, 3.8) is 0 Å². The van der Waals surface area contributed by atoms with Crippen LogP contribution in [0.3, 0.4) is 0 Å². The third kappa shape index (κ3) is 2.88. The molecule has 0 spiro atoms. The van der Waals surface area contributed by atoms with E-state index in [1.54, 1.807) is 0 Å². The maximum absolute atomic E-state index is 10.6. The Labute approximate surface area is 116 Å². The molecule has 1 N–H and O–H groups in total. The maximum atomic E-state index is 10.6. The van der Waals surface area contributed by atoms with E-state index in [2.05, 4.69) is 28.9 Å². The molecular weight excluding hydrogens is 234 g/mol. The van der Waals surface area contributed by atoms with E-state index in [1.165, 1.54) is 38.8 Å². The van der Waals surface area contributed by atoms with Crippen molar-refractivity contribution in [1.82, 2.24) is 4.90 Å². The fourth-order valence-electron chi connectivity index (χ4n) is 3.97. The molecule has 1 saturated carbocycles. The van der Waals surface area contributed by atoms with Crippen LogP contribution in [-0.2, 0) is 0 Å². The van der Waals surface area contributed by atoms with Crippen LogP contribution in [0.15, 0.2) is 12.2 Å². The second-order valence-corrected chi connectivity index (χ2v) is 6.67. The number of likely N-dealkylation sites (tertiary alicyclic amines) is 1. The van der Waals surface area contributed by atoms with Gasteiger partial charge in [0.05, 0.1) is 6.54 Å². The van der Waals surface area contributed by atoms with Gasteiger partial charge >= 0.3 is 0 Å². The number of nitrogens with zero attached hydrogens (tertiary/aromatic N) is 1. The molecule has 0 aromatic heterocycles. The van der Waals surface area contributed by atoms with Gasteiger partial charge in [0.2, 0.25) is 0 Å². The first-order valence-corrected chi connectivity index (χ1v) is 7.78. The third-order valence-corrected chi connectivity index (χ3v) is 5.09. The molecule has 3 rings (SSSR count). The van der Waals surface area contributed by atoms with E-state index in [4.69, 9.17) is 0 Å². The van der Waals surface area contributed by atoms with E-state index in [9.17, 15) is 5.11 Å². The molecular formula is C17H25NO. The van der Waals surface area contributed by atoms with E-state index in [0.29, 0.717) is 17.8 Å². The smallest absolute Gasteiger partial charge is 0.126 e. The number of hydrogen-bond donors (Lipinski definition) is 1. The Morgan fingerprint density at radius 1 is 1.21 bits per heavy atom. The molecule has 0 unspecified atom stereocenters. The van der Waals surface area contributed by atoms with E-state index in [-0.39, 0.29) is 0 Å². The van der Waals surface area contributed by atoms with E-state index < -0.39 is 5.60 Å². The molecule has 2 aliphatic carbocycles. The Morgan fingerprint density at radius 2 is 2.00 bits per heavy atom. The minimum atomic E-state index is -0.806. The molecule has 0 aromatic carbocycles. The average molecular weight is 259 g/mol. The largest absolute Gasteiger partial charge is 0.378 e. The lowest BCUT2D eigenvalue weighted by atomic mass is 9.80. The second-order valence-electron chi connectivity index (χ2n) is 6.67. The first kappa shape index (κ1) is 13.2. The number of piperidine rings is 1. The molecule has 3 aliphatic rings. The number of hydrogen-bond acceptors (Lipinski definition) is 2. The molecule has 0 radical (unpaired) electrons. The predicted molar refractivity (Wildman–Crippen MR) is 77.5 cm³/mol. The lowest BCUT2D eigenvalue weighted by molar-refractivity contribution is 0.0431. The summed E-state index contributed by atoms with van der Waals surface area (Å²) in [6.07, 6.45) is 10.9. The van der Waals surface area contributed by atoms with Crippen molar-refractivity contribution in [2.75, 3.05) is 19.6 Å². The van der Waals surface area contributed by atoms with Gasteiger partial charge in [-0.1, -0.05) is 30.4 Å². The summed E-state index contributed by atoms with van der Waals surface area (Å²) in [6.45, 7) is 5.09. The average Bonchev–Trinajstić information content (AvgIpc) is 3.02. The minimum Gasteiger partial charge on any atom is -0.378 e. The molecule has 2 nitrogen and oxygen atoms in total. The first-order chi connectivity index (χ1) is 9.15. The summed E-state index contributed by atoms with van der Waals surface area (Å²) >= 11 is 0. The molecule has 0 aromatic rings. The van der Waals surface area contributed by atoms with E-state index >= 15 is 0 Å². The Hall–Kier alpha value is -0.780. The minimum absolute atomic E-state index is 0.344. The van der Waals surface area contributed by atoms with Crippen LogP contribution in [0.2, 0.25) is 0 Å². The zero-order valence-corrected chi connectivity index (χ0v) is 11.9. The Balaban J connectivity index is 1.57. The number of aliphatic hydroxyl groups is 1. The highest BCUT2D eigenvalue weighted by molar-refractivity contribution is 5.22. The van der Waals surface area contributed by atoms with Crippen LogP contribution < -0.4 is 0 Å². The standard InChI is InChI=1S/C17H25NO/c1-17(19,16-13-14-6-7-15(16)12-14)8-5-11-18-9-3-2-4-10-18/h6-7,14-16,19H,2-4,9-13H2,1H3/t14-,15-,16-,17+/m1/s1. The van der Waals surface area contributed by atoms with Crippen molar-refractivity contribution in [1.29, 1.82) is 0 Å². The topological polar surface area (TPSA) is 23.5 Å². The van der Waals surface area contributed by atoms with Gasteiger partial charge in [-0.15, -0.1) is 0 Å². The van der Waals surface area contributed by atoms with Gasteiger partial charge in [0.25, 0.3) is 0 Å². The van der Waals surface area contributed by atoms with Gasteiger partial charge in [0.1, 0.15) is 5.60 Å². The molecule has 0 amide bonds. The Kier molecular flexibility index (Phi) is 3.69. The van der Waals surface area contributed by atoms with Crippen LogP contribution in [0.5, 0.6) is 0 Å². The fourth-order valence-corrected chi connectivity index (χ4v) is 3.97. The Bertz CT molecular complexity index is 409. The van der Waals surface area contributed by atoms with Crippen molar-refractivity contribution in [2.45, 2.75) is 44.6 Å². The zero-order chi connectivity index (χ0) is 13.3. The first-order valence-electron chi connectivity index (χ1n) is 7.78. The number of rotatable bonds is 2. The highest BCUT2D eigenvalue weighted by Gasteiger charge is 2.44. The monoisotopic (exact) mass is 259 g/mol. The van der Waals surface area contributed by atoms with Crippen molar-refractivity contribution in [3.8, 4) is 11.8 Å². The Morgan fingerprint density at radius 3 is 2.63 bits per heavy atom. The molecule has 2 bridgehead atoms. The van der Waals surface area contributed by atoms with Crippen LogP contribution in [0.4, 0.5) is 0 Å². The lowest BCUT2D eigenvalue weighted by Gasteiger charge is -2.30. The van der Waals surface area contributed by atoms with Crippen LogP contribution in [0, 0.1) is 29.6 Å². The summed E-state index contributed by atoms with van der Waals surface area (Å²) in [7, 11) is 0. The summed E-state index contributed by atoms with van der Waals surface area (Å²) in [6, 6.07) is 0. The van der Waals surface area contributed by atoms with E-state index in [0.717, 1.165) is 13.0 Å². The highest BCUT2D eigenvalue weighted by Crippen LogP contribution is 2.47. The molecule has 104 valence electrons. The van der Waals surface area contributed by atoms with Crippen LogP contribution in [-0.4, -0.2) is 35.2 Å². The number of fused-ring (bicyclic) bond motifs is 2. The summed E-state index contributed by atoms with van der Waals surface area (Å²) in [5, 5.41) is 10.6. The fraction of sp³-hybridized carbons (Fsp3) is 0.765. The van der Waals surface area contributed by atoms with Crippen molar-refractivity contribution in [2.24, 2.45) is 17.8 Å². The molecule has 1 heterocycles. The quantitative estimate of drug-likeness (QED) is 0.608. The SMILES string of the molecule is C[C@](O)(C#CCN1CCCCC1)[C@@H]1C[C@@H]2C=C[C@@H]1C2. The normalized spacial score (nSPS) is 36.8. The van der Waals surface area contributed by atoms with E-state index in [1.807, 2.05) is 6.92 Å². The molecule has 1 aliphatic heterocycles. The zero-order valence-electron chi connectivity index (χ0n) is 11.9. The highest BCUT2D eigenvalue weighted by atomic mass is 16.3. The third-order valence-electron chi connectivity index (χ3n) is 5.09. The summed E-state index contributed by atoms with van der Waals surface area (Å²) in [5.74, 6) is 8.00. The van der Waals surface area contributed by atoms with Crippen molar-refractivity contribution in [3.05, 3.63) is 12.2 Å². The summed E-state index contributed by atoms with van der Waals surface area (Å²) in [5.41, 5.74) is -0.806. The van der Waals surface area contributed by atoms with Crippen molar-refractivity contribution < 1.29 is 5.11 Å². The van der Waals surface area contributed by atoms with Gasteiger partial charge in [-0.05, 0) is 57.5 Å². The molecule has 2 fully saturated rings.